The van der Waals surface area contributed by atoms with Crippen molar-refractivity contribution in [2.75, 3.05) is 0 Å². The fourth-order valence-corrected chi connectivity index (χ4v) is 2.51. The Hall–Kier alpha value is -2.01. The molecule has 0 fully saturated rings. The van der Waals surface area contributed by atoms with Crippen LogP contribution < -0.4 is 4.74 Å². The minimum Gasteiger partial charge on any atom is -0.491 e. The van der Waals surface area contributed by atoms with Crippen molar-refractivity contribution in [3.63, 3.8) is 0 Å². The molecule has 1 aromatic carbocycles. The summed E-state index contributed by atoms with van der Waals surface area (Å²) < 4.78 is 11.6. The van der Waals surface area contributed by atoms with E-state index in [1.807, 2.05) is 32.0 Å². The first-order chi connectivity index (χ1) is 10.0. The average molecular weight is 348 g/mol. The quantitative estimate of drug-likeness (QED) is 0.704. The number of benzene rings is 1. The standard InChI is InChI=1S/C16H14BrNO3/c1-9(2)20-10-3-4-13-11(7-10)12(8-18-13)16(19)14-5-6-15(17)21-14/h3-9,18H,1-2H3. The smallest absolute Gasteiger partial charge is 0.230 e. The molecule has 2 aromatic heterocycles. The molecule has 0 unspecified atom stereocenters. The van der Waals surface area contributed by atoms with Gasteiger partial charge in [0.25, 0.3) is 0 Å². The van der Waals surface area contributed by atoms with E-state index < -0.39 is 0 Å². The molecule has 5 heteroatoms. The lowest BCUT2D eigenvalue weighted by molar-refractivity contribution is 0.101. The van der Waals surface area contributed by atoms with E-state index in [1.165, 1.54) is 0 Å². The fourth-order valence-electron chi connectivity index (χ4n) is 2.20. The Bertz CT molecular complexity index is 801. The number of carbonyl (C=O) groups is 1. The molecular weight excluding hydrogens is 334 g/mol. The monoisotopic (exact) mass is 347 g/mol. The van der Waals surface area contributed by atoms with Crippen LogP contribution in [0.2, 0.25) is 0 Å². The van der Waals surface area contributed by atoms with Crippen molar-refractivity contribution < 1.29 is 13.9 Å². The SMILES string of the molecule is CC(C)Oc1ccc2[nH]cc(C(=O)c3ccc(Br)o3)c2c1. The fraction of sp³-hybridized carbons (Fsp3) is 0.188. The van der Waals surface area contributed by atoms with Gasteiger partial charge in [0.05, 0.1) is 11.7 Å². The lowest BCUT2D eigenvalue weighted by Gasteiger charge is -2.09. The number of carbonyl (C=O) groups excluding carboxylic acids is 1. The third-order valence-corrected chi connectivity index (χ3v) is 3.49. The normalized spacial score (nSPS) is 11.2. The van der Waals surface area contributed by atoms with Gasteiger partial charge in [-0.15, -0.1) is 0 Å². The van der Waals surface area contributed by atoms with Crippen LogP contribution in [-0.2, 0) is 0 Å². The highest BCUT2D eigenvalue weighted by molar-refractivity contribution is 9.10. The van der Waals surface area contributed by atoms with Crippen LogP contribution in [0.5, 0.6) is 5.75 Å². The Morgan fingerprint density at radius 2 is 2.10 bits per heavy atom. The summed E-state index contributed by atoms with van der Waals surface area (Å²) in [5.74, 6) is 0.887. The zero-order valence-corrected chi connectivity index (χ0v) is 13.2. The second kappa shape index (κ2) is 5.41. The van der Waals surface area contributed by atoms with Crippen molar-refractivity contribution in [1.82, 2.24) is 4.98 Å². The molecule has 0 radical (unpaired) electrons. The summed E-state index contributed by atoms with van der Waals surface area (Å²) in [6, 6.07) is 9.02. The van der Waals surface area contributed by atoms with Crippen LogP contribution in [0.4, 0.5) is 0 Å². The van der Waals surface area contributed by atoms with Crippen LogP contribution in [0.25, 0.3) is 10.9 Å². The molecule has 3 rings (SSSR count). The van der Waals surface area contributed by atoms with E-state index in [1.54, 1.807) is 18.3 Å². The molecule has 0 aliphatic carbocycles. The van der Waals surface area contributed by atoms with E-state index in [2.05, 4.69) is 20.9 Å². The Morgan fingerprint density at radius 3 is 2.76 bits per heavy atom. The Balaban J connectivity index is 2.04. The van der Waals surface area contributed by atoms with Gasteiger partial charge in [0.1, 0.15) is 5.75 Å². The van der Waals surface area contributed by atoms with E-state index in [0.29, 0.717) is 16.0 Å². The molecule has 0 saturated carbocycles. The molecule has 0 spiro atoms. The lowest BCUT2D eigenvalue weighted by atomic mass is 10.1. The number of aromatic nitrogens is 1. The summed E-state index contributed by atoms with van der Waals surface area (Å²) in [7, 11) is 0. The van der Waals surface area contributed by atoms with Crippen molar-refractivity contribution in [2.24, 2.45) is 0 Å². The zero-order valence-electron chi connectivity index (χ0n) is 11.6. The largest absolute Gasteiger partial charge is 0.491 e. The molecule has 21 heavy (non-hydrogen) atoms. The first kappa shape index (κ1) is 13.9. The first-order valence-electron chi connectivity index (χ1n) is 6.62. The molecule has 3 aromatic rings. The molecule has 0 saturated heterocycles. The average Bonchev–Trinajstić information content (AvgIpc) is 3.03. The van der Waals surface area contributed by atoms with Crippen LogP contribution in [-0.4, -0.2) is 16.9 Å². The topological polar surface area (TPSA) is 55.2 Å². The highest BCUT2D eigenvalue weighted by Gasteiger charge is 2.18. The molecule has 1 N–H and O–H groups in total. The van der Waals surface area contributed by atoms with Crippen molar-refractivity contribution in [3.8, 4) is 5.75 Å². The summed E-state index contributed by atoms with van der Waals surface area (Å²) in [5.41, 5.74) is 1.46. The predicted octanol–water partition coefficient (Wildman–Crippen LogP) is 4.54. The minimum atomic E-state index is -0.159. The molecule has 0 bridgehead atoms. The van der Waals surface area contributed by atoms with Crippen LogP contribution in [0, 0.1) is 0 Å². The molecule has 108 valence electrons. The van der Waals surface area contributed by atoms with Crippen LogP contribution >= 0.6 is 15.9 Å². The van der Waals surface area contributed by atoms with Crippen molar-refractivity contribution in [2.45, 2.75) is 20.0 Å². The summed E-state index contributed by atoms with van der Waals surface area (Å²) in [5, 5.41) is 0.825. The number of hydrogen-bond donors (Lipinski definition) is 1. The number of rotatable bonds is 4. The summed E-state index contributed by atoms with van der Waals surface area (Å²) >= 11 is 3.21. The molecule has 0 atom stereocenters. The van der Waals surface area contributed by atoms with Gasteiger partial charge in [-0.1, -0.05) is 0 Å². The number of ether oxygens (including phenoxy) is 1. The predicted molar refractivity (Wildman–Crippen MR) is 83.9 cm³/mol. The minimum absolute atomic E-state index is 0.0848. The Labute approximate surface area is 130 Å². The van der Waals surface area contributed by atoms with Crippen molar-refractivity contribution in [3.05, 3.63) is 52.5 Å². The maximum Gasteiger partial charge on any atom is 0.230 e. The third kappa shape index (κ3) is 2.74. The van der Waals surface area contributed by atoms with Crippen molar-refractivity contribution >= 4 is 32.6 Å². The van der Waals surface area contributed by atoms with Crippen molar-refractivity contribution in [1.29, 1.82) is 0 Å². The van der Waals surface area contributed by atoms with E-state index in [-0.39, 0.29) is 11.9 Å². The van der Waals surface area contributed by atoms with Gasteiger partial charge >= 0.3 is 0 Å². The van der Waals surface area contributed by atoms with Gasteiger partial charge in [-0.3, -0.25) is 4.79 Å². The molecule has 0 aliphatic heterocycles. The number of aromatic amines is 1. The summed E-state index contributed by atoms with van der Waals surface area (Å²) in [4.78, 5) is 15.6. The van der Waals surface area contributed by atoms with Gasteiger partial charge in [-0.05, 0) is 60.1 Å². The second-order valence-corrected chi connectivity index (χ2v) is 5.79. The maximum atomic E-state index is 12.5. The number of nitrogens with one attached hydrogen (secondary N) is 1. The lowest BCUT2D eigenvalue weighted by Crippen LogP contribution is -2.05. The molecule has 0 amide bonds. The number of hydrogen-bond acceptors (Lipinski definition) is 3. The van der Waals surface area contributed by atoms with Gasteiger partial charge in [0, 0.05) is 17.1 Å². The Morgan fingerprint density at radius 1 is 1.29 bits per heavy atom. The van der Waals surface area contributed by atoms with Crippen LogP contribution in [0.3, 0.4) is 0 Å². The van der Waals surface area contributed by atoms with E-state index >= 15 is 0 Å². The molecule has 2 heterocycles. The number of halogens is 1. The molecular formula is C16H14BrNO3. The van der Waals surface area contributed by atoms with E-state index in [0.717, 1.165) is 16.7 Å². The van der Waals surface area contributed by atoms with Gasteiger partial charge in [-0.2, -0.15) is 0 Å². The number of ketones is 1. The molecule has 0 aliphatic rings. The summed E-state index contributed by atoms with van der Waals surface area (Å²) in [6.07, 6.45) is 1.78. The van der Waals surface area contributed by atoms with Gasteiger partial charge in [-0.25, -0.2) is 0 Å². The number of H-pyrrole nitrogens is 1. The highest BCUT2D eigenvalue weighted by Crippen LogP contribution is 2.27. The van der Waals surface area contributed by atoms with Gasteiger partial charge in [0.2, 0.25) is 5.78 Å². The highest BCUT2D eigenvalue weighted by atomic mass is 79.9. The van der Waals surface area contributed by atoms with Gasteiger partial charge < -0.3 is 14.1 Å². The summed E-state index contributed by atoms with van der Waals surface area (Å²) in [6.45, 7) is 3.93. The van der Waals surface area contributed by atoms with Crippen LogP contribution in [0.1, 0.15) is 30.0 Å². The van der Waals surface area contributed by atoms with Gasteiger partial charge in [0.15, 0.2) is 10.4 Å². The van der Waals surface area contributed by atoms with E-state index in [9.17, 15) is 4.79 Å². The Kier molecular flexibility index (Phi) is 3.59. The second-order valence-electron chi connectivity index (χ2n) is 5.01. The molecule has 4 nitrogen and oxygen atoms in total. The van der Waals surface area contributed by atoms with Crippen LogP contribution in [0.15, 0.2) is 45.6 Å². The maximum absolute atomic E-state index is 12.5. The third-order valence-electron chi connectivity index (χ3n) is 3.07. The van der Waals surface area contributed by atoms with E-state index in [4.69, 9.17) is 9.15 Å². The number of fused-ring (bicyclic) bond motifs is 1. The first-order valence-corrected chi connectivity index (χ1v) is 7.41. The number of furan rings is 1. The zero-order chi connectivity index (χ0) is 15.0.